The van der Waals surface area contributed by atoms with Crippen molar-refractivity contribution >= 4 is 44.7 Å². The molecular weight excluding hydrogens is 324 g/mol. The van der Waals surface area contributed by atoms with Gasteiger partial charge in [-0.1, -0.05) is 11.6 Å². The second-order valence-electron chi connectivity index (χ2n) is 3.81. The number of carbonyl (C=O) groups is 1. The number of nitrogens with zero attached hydrogens (tertiary/aromatic N) is 2. The zero-order chi connectivity index (χ0) is 12.6. The van der Waals surface area contributed by atoms with Crippen molar-refractivity contribution in [1.82, 2.24) is 9.78 Å². The molecule has 0 aliphatic rings. The minimum atomic E-state index is -0.0556. The Bertz CT molecular complexity index is 562. The molecule has 0 spiro atoms. The quantitative estimate of drug-likeness (QED) is 0.790. The van der Waals surface area contributed by atoms with Crippen LogP contribution < -0.4 is 0 Å². The standard InChI is InChI=1S/C11H10BrClN2OS/c1-6(2)15-10(7(12)5-14-15)11(16)8-3-4-9(13)17-8/h3-6H,1-2H3. The molecule has 0 saturated carbocycles. The molecule has 17 heavy (non-hydrogen) atoms. The van der Waals surface area contributed by atoms with Gasteiger partial charge in [0.2, 0.25) is 5.78 Å². The van der Waals surface area contributed by atoms with Crippen LogP contribution in [0.3, 0.4) is 0 Å². The van der Waals surface area contributed by atoms with Crippen LogP contribution in [0.25, 0.3) is 0 Å². The Labute approximate surface area is 117 Å². The van der Waals surface area contributed by atoms with Gasteiger partial charge in [-0.05, 0) is 41.9 Å². The largest absolute Gasteiger partial charge is 0.286 e. The van der Waals surface area contributed by atoms with Gasteiger partial charge in [-0.2, -0.15) is 5.10 Å². The molecule has 2 heterocycles. The average molecular weight is 334 g/mol. The van der Waals surface area contributed by atoms with E-state index in [1.54, 1.807) is 23.0 Å². The van der Waals surface area contributed by atoms with Gasteiger partial charge < -0.3 is 0 Å². The highest BCUT2D eigenvalue weighted by Crippen LogP contribution is 2.27. The smallest absolute Gasteiger partial charge is 0.222 e. The molecule has 90 valence electrons. The number of aromatic nitrogens is 2. The fourth-order valence-corrected chi connectivity index (χ4v) is 2.94. The van der Waals surface area contributed by atoms with Crippen LogP contribution >= 0.6 is 38.9 Å². The number of thiophene rings is 1. The molecule has 2 aromatic rings. The summed E-state index contributed by atoms with van der Waals surface area (Å²) in [7, 11) is 0. The third-order valence-electron chi connectivity index (χ3n) is 2.25. The summed E-state index contributed by atoms with van der Waals surface area (Å²) in [5.74, 6) is -0.0556. The molecule has 3 nitrogen and oxygen atoms in total. The molecule has 0 atom stereocenters. The normalized spacial score (nSPS) is 11.1. The van der Waals surface area contributed by atoms with Crippen LogP contribution in [0.2, 0.25) is 4.34 Å². The molecule has 0 aromatic carbocycles. The van der Waals surface area contributed by atoms with E-state index in [0.717, 1.165) is 0 Å². The Morgan fingerprint density at radius 1 is 1.53 bits per heavy atom. The summed E-state index contributed by atoms with van der Waals surface area (Å²) in [5, 5.41) is 4.19. The van der Waals surface area contributed by atoms with E-state index in [1.807, 2.05) is 13.8 Å². The second kappa shape index (κ2) is 4.92. The topological polar surface area (TPSA) is 34.9 Å². The molecule has 0 fully saturated rings. The number of hydrogen-bond acceptors (Lipinski definition) is 3. The molecule has 6 heteroatoms. The first kappa shape index (κ1) is 12.8. The van der Waals surface area contributed by atoms with Gasteiger partial charge in [0, 0.05) is 6.04 Å². The van der Waals surface area contributed by atoms with Crippen molar-refractivity contribution in [3.8, 4) is 0 Å². The monoisotopic (exact) mass is 332 g/mol. The number of rotatable bonds is 3. The summed E-state index contributed by atoms with van der Waals surface area (Å²) in [4.78, 5) is 13.0. The highest BCUT2D eigenvalue weighted by Gasteiger charge is 2.21. The highest BCUT2D eigenvalue weighted by molar-refractivity contribution is 9.10. The van der Waals surface area contributed by atoms with Crippen LogP contribution in [-0.2, 0) is 0 Å². The number of hydrogen-bond donors (Lipinski definition) is 0. The maximum absolute atomic E-state index is 12.3. The van der Waals surface area contributed by atoms with Crippen LogP contribution in [0.4, 0.5) is 0 Å². The third-order valence-corrected chi connectivity index (χ3v) is 4.06. The van der Waals surface area contributed by atoms with Gasteiger partial charge in [0.25, 0.3) is 0 Å². The van der Waals surface area contributed by atoms with Crippen molar-refractivity contribution < 1.29 is 4.79 Å². The average Bonchev–Trinajstić information content (AvgIpc) is 2.83. The maximum Gasteiger partial charge on any atom is 0.222 e. The summed E-state index contributed by atoms with van der Waals surface area (Å²) >= 11 is 10.5. The van der Waals surface area contributed by atoms with Crippen molar-refractivity contribution in [3.63, 3.8) is 0 Å². The van der Waals surface area contributed by atoms with Crippen molar-refractivity contribution in [3.05, 3.63) is 37.7 Å². The van der Waals surface area contributed by atoms with E-state index >= 15 is 0 Å². The number of carbonyl (C=O) groups excluding carboxylic acids is 1. The van der Waals surface area contributed by atoms with Gasteiger partial charge in [0.05, 0.1) is 19.9 Å². The fourth-order valence-electron chi connectivity index (χ4n) is 1.50. The number of halogens is 2. The lowest BCUT2D eigenvalue weighted by Crippen LogP contribution is -2.13. The summed E-state index contributed by atoms with van der Waals surface area (Å²) in [6.07, 6.45) is 1.64. The zero-order valence-corrected chi connectivity index (χ0v) is 12.4. The summed E-state index contributed by atoms with van der Waals surface area (Å²) < 4.78 is 3.03. The summed E-state index contributed by atoms with van der Waals surface area (Å²) in [6.45, 7) is 3.97. The van der Waals surface area contributed by atoms with E-state index in [4.69, 9.17) is 11.6 Å². The van der Waals surface area contributed by atoms with E-state index in [0.29, 0.717) is 19.4 Å². The lowest BCUT2D eigenvalue weighted by Gasteiger charge is -2.09. The van der Waals surface area contributed by atoms with Gasteiger partial charge in [-0.3, -0.25) is 9.48 Å². The van der Waals surface area contributed by atoms with E-state index < -0.39 is 0 Å². The van der Waals surface area contributed by atoms with Crippen LogP contribution in [-0.4, -0.2) is 15.6 Å². The Morgan fingerprint density at radius 3 is 2.76 bits per heavy atom. The van der Waals surface area contributed by atoms with E-state index in [9.17, 15) is 4.79 Å². The number of ketones is 1. The van der Waals surface area contributed by atoms with Crippen molar-refractivity contribution in [2.75, 3.05) is 0 Å². The summed E-state index contributed by atoms with van der Waals surface area (Å²) in [5.41, 5.74) is 0.568. The van der Waals surface area contributed by atoms with Gasteiger partial charge in [-0.15, -0.1) is 11.3 Å². The molecule has 2 aromatic heterocycles. The Hall–Kier alpha value is -0.650. The third kappa shape index (κ3) is 2.46. The van der Waals surface area contributed by atoms with Crippen LogP contribution in [0, 0.1) is 0 Å². The highest BCUT2D eigenvalue weighted by atomic mass is 79.9. The Balaban J connectivity index is 2.47. The molecule has 0 N–H and O–H groups in total. The molecular formula is C11H10BrClN2OS. The summed E-state index contributed by atoms with van der Waals surface area (Å²) in [6, 6.07) is 3.60. The molecule has 0 amide bonds. The predicted octanol–water partition coefficient (Wildman–Crippen LogP) is 4.17. The van der Waals surface area contributed by atoms with Crippen molar-refractivity contribution in [2.45, 2.75) is 19.9 Å². The van der Waals surface area contributed by atoms with Crippen LogP contribution in [0.1, 0.15) is 35.3 Å². The second-order valence-corrected chi connectivity index (χ2v) is 6.38. The minimum Gasteiger partial charge on any atom is -0.286 e. The first-order valence-electron chi connectivity index (χ1n) is 5.03. The lowest BCUT2D eigenvalue weighted by atomic mass is 10.2. The SMILES string of the molecule is CC(C)n1ncc(Br)c1C(=O)c1ccc(Cl)s1. The molecule has 0 radical (unpaired) electrons. The zero-order valence-electron chi connectivity index (χ0n) is 9.28. The van der Waals surface area contributed by atoms with Gasteiger partial charge >= 0.3 is 0 Å². The van der Waals surface area contributed by atoms with Crippen molar-refractivity contribution in [1.29, 1.82) is 0 Å². The molecule has 0 aliphatic heterocycles. The van der Waals surface area contributed by atoms with E-state index in [-0.39, 0.29) is 11.8 Å². The molecule has 0 unspecified atom stereocenters. The van der Waals surface area contributed by atoms with E-state index in [2.05, 4.69) is 21.0 Å². The molecule has 0 bridgehead atoms. The Kier molecular flexibility index (Phi) is 3.70. The predicted molar refractivity (Wildman–Crippen MR) is 73.1 cm³/mol. The van der Waals surface area contributed by atoms with Crippen LogP contribution in [0.5, 0.6) is 0 Å². The van der Waals surface area contributed by atoms with Gasteiger partial charge in [-0.25, -0.2) is 0 Å². The van der Waals surface area contributed by atoms with Crippen molar-refractivity contribution in [2.24, 2.45) is 0 Å². The molecule has 0 saturated heterocycles. The lowest BCUT2D eigenvalue weighted by molar-refractivity contribution is 0.103. The first-order valence-corrected chi connectivity index (χ1v) is 7.02. The fraction of sp³-hybridized carbons (Fsp3) is 0.273. The molecule has 2 rings (SSSR count). The molecule has 0 aliphatic carbocycles. The Morgan fingerprint density at radius 2 is 2.24 bits per heavy atom. The minimum absolute atomic E-state index is 0.0556. The van der Waals surface area contributed by atoms with Gasteiger partial charge in [0.1, 0.15) is 5.69 Å². The maximum atomic E-state index is 12.3. The van der Waals surface area contributed by atoms with Gasteiger partial charge in [0.15, 0.2) is 0 Å². The van der Waals surface area contributed by atoms with E-state index in [1.165, 1.54) is 11.3 Å². The van der Waals surface area contributed by atoms with Crippen LogP contribution in [0.15, 0.2) is 22.8 Å². The first-order chi connectivity index (χ1) is 8.00.